The van der Waals surface area contributed by atoms with E-state index in [1.54, 1.807) is 0 Å². The van der Waals surface area contributed by atoms with Gasteiger partial charge in [0.15, 0.2) is 11.6 Å². The van der Waals surface area contributed by atoms with E-state index in [-0.39, 0.29) is 11.3 Å². The van der Waals surface area contributed by atoms with Crippen molar-refractivity contribution in [1.82, 2.24) is 0 Å². The van der Waals surface area contributed by atoms with E-state index >= 15 is 0 Å². The third-order valence-electron chi connectivity index (χ3n) is 4.05. The van der Waals surface area contributed by atoms with Gasteiger partial charge in [0.05, 0.1) is 7.11 Å². The summed E-state index contributed by atoms with van der Waals surface area (Å²) in [4.78, 5) is 0. The monoisotopic (exact) mass is 281 g/mol. The smallest absolute Gasteiger partial charge is 0.201 e. The number of benzene rings is 1. The lowest BCUT2D eigenvalue weighted by atomic mass is 9.82. The van der Waals surface area contributed by atoms with Crippen molar-refractivity contribution >= 4 is 5.70 Å². The van der Waals surface area contributed by atoms with Gasteiger partial charge in [-0.25, -0.2) is 4.39 Å². The van der Waals surface area contributed by atoms with Gasteiger partial charge >= 0.3 is 0 Å². The zero-order valence-corrected chi connectivity index (χ0v) is 12.0. The Bertz CT molecular complexity index is 505. The molecule has 1 aliphatic carbocycles. The number of nitrogens with two attached hydrogens (primary N) is 1. The maximum atomic E-state index is 13.9. The van der Waals surface area contributed by atoms with Gasteiger partial charge in [-0.15, -0.1) is 0 Å². The highest BCUT2D eigenvalue weighted by atomic mass is 19.2. The van der Waals surface area contributed by atoms with Gasteiger partial charge in [-0.2, -0.15) is 4.39 Å². The quantitative estimate of drug-likeness (QED) is 0.905. The van der Waals surface area contributed by atoms with Crippen LogP contribution >= 0.6 is 0 Å². The fraction of sp³-hybridized carbons (Fsp3) is 0.500. The van der Waals surface area contributed by atoms with Crippen LogP contribution in [0.25, 0.3) is 5.70 Å². The van der Waals surface area contributed by atoms with E-state index in [9.17, 15) is 8.78 Å². The van der Waals surface area contributed by atoms with Crippen molar-refractivity contribution in [2.45, 2.75) is 32.6 Å². The fourth-order valence-electron chi connectivity index (χ4n) is 2.71. The standard InChI is InChI=1S/C16H21F2NO/c1-10-3-5-11(6-4-10)9-13(19)12-7-8-14(20-2)16(18)15(12)17/h7-11H,3-6,19H2,1-2H3/b13-9-. The molecule has 1 fully saturated rings. The zero-order valence-electron chi connectivity index (χ0n) is 12.0. The Morgan fingerprint density at radius 1 is 1.20 bits per heavy atom. The summed E-state index contributed by atoms with van der Waals surface area (Å²) in [6, 6.07) is 2.87. The van der Waals surface area contributed by atoms with Crippen LogP contribution in [-0.2, 0) is 0 Å². The molecule has 20 heavy (non-hydrogen) atoms. The summed E-state index contributed by atoms with van der Waals surface area (Å²) in [5.41, 5.74) is 6.36. The van der Waals surface area contributed by atoms with Gasteiger partial charge in [-0.05, 0) is 36.8 Å². The molecule has 110 valence electrons. The van der Waals surface area contributed by atoms with E-state index in [0.717, 1.165) is 31.6 Å². The van der Waals surface area contributed by atoms with Crippen molar-refractivity contribution in [3.05, 3.63) is 35.4 Å². The van der Waals surface area contributed by atoms with Gasteiger partial charge in [0.1, 0.15) is 0 Å². The molecule has 2 rings (SSSR count). The first-order valence-electron chi connectivity index (χ1n) is 7.02. The van der Waals surface area contributed by atoms with Crippen LogP contribution in [0.3, 0.4) is 0 Å². The Morgan fingerprint density at radius 3 is 2.45 bits per heavy atom. The summed E-state index contributed by atoms with van der Waals surface area (Å²) in [6.07, 6.45) is 6.31. The minimum absolute atomic E-state index is 0.106. The zero-order chi connectivity index (χ0) is 14.7. The highest BCUT2D eigenvalue weighted by molar-refractivity contribution is 5.64. The predicted molar refractivity (Wildman–Crippen MR) is 76.2 cm³/mol. The van der Waals surface area contributed by atoms with Gasteiger partial charge in [0.25, 0.3) is 0 Å². The molecule has 0 unspecified atom stereocenters. The van der Waals surface area contributed by atoms with Crippen molar-refractivity contribution in [1.29, 1.82) is 0 Å². The molecule has 0 spiro atoms. The van der Waals surface area contributed by atoms with Crippen molar-refractivity contribution in [3.63, 3.8) is 0 Å². The highest BCUT2D eigenvalue weighted by Crippen LogP contribution is 2.31. The third kappa shape index (κ3) is 3.11. The van der Waals surface area contributed by atoms with E-state index in [1.807, 2.05) is 6.08 Å². The first kappa shape index (κ1) is 14.8. The average molecular weight is 281 g/mol. The number of hydrogen-bond donors (Lipinski definition) is 1. The Hall–Kier alpha value is -1.58. The third-order valence-corrected chi connectivity index (χ3v) is 4.05. The molecule has 1 aromatic carbocycles. The lowest BCUT2D eigenvalue weighted by Crippen LogP contribution is -2.12. The number of allylic oxidation sites excluding steroid dienone is 1. The summed E-state index contributed by atoms with van der Waals surface area (Å²) < 4.78 is 32.4. The maximum absolute atomic E-state index is 13.9. The topological polar surface area (TPSA) is 35.2 Å². The van der Waals surface area contributed by atoms with Crippen LogP contribution < -0.4 is 10.5 Å². The van der Waals surface area contributed by atoms with Crippen LogP contribution in [0.15, 0.2) is 18.2 Å². The number of halogens is 2. The second-order valence-electron chi connectivity index (χ2n) is 5.59. The number of rotatable bonds is 3. The first-order chi connectivity index (χ1) is 9.52. The lowest BCUT2D eigenvalue weighted by molar-refractivity contribution is 0.331. The molecule has 1 saturated carbocycles. The van der Waals surface area contributed by atoms with E-state index in [2.05, 4.69) is 6.92 Å². The minimum atomic E-state index is -0.987. The SMILES string of the molecule is COc1ccc(/C(N)=C/C2CCC(C)CC2)c(F)c1F. The molecule has 2 nitrogen and oxygen atoms in total. The summed E-state index contributed by atoms with van der Waals surface area (Å²) in [6.45, 7) is 2.24. The average Bonchev–Trinajstić information content (AvgIpc) is 2.44. The van der Waals surface area contributed by atoms with Crippen LogP contribution in [0.2, 0.25) is 0 Å². The summed E-state index contributed by atoms with van der Waals surface area (Å²) in [5, 5.41) is 0. The molecule has 0 heterocycles. The second-order valence-corrected chi connectivity index (χ2v) is 5.59. The molecular formula is C16H21F2NO. The van der Waals surface area contributed by atoms with E-state index in [1.165, 1.54) is 19.2 Å². The van der Waals surface area contributed by atoms with Crippen LogP contribution in [0.5, 0.6) is 5.75 Å². The Labute approximate surface area is 118 Å². The number of methoxy groups -OCH3 is 1. The lowest BCUT2D eigenvalue weighted by Gasteiger charge is -2.24. The van der Waals surface area contributed by atoms with Crippen LogP contribution in [0, 0.1) is 23.5 Å². The summed E-state index contributed by atoms with van der Waals surface area (Å²) in [7, 11) is 1.31. The van der Waals surface area contributed by atoms with E-state index in [4.69, 9.17) is 10.5 Å². The molecule has 0 saturated heterocycles. The largest absolute Gasteiger partial charge is 0.494 e. The first-order valence-corrected chi connectivity index (χ1v) is 7.02. The minimum Gasteiger partial charge on any atom is -0.494 e. The van der Waals surface area contributed by atoms with Crippen LogP contribution in [0.1, 0.15) is 38.2 Å². The molecule has 0 bridgehead atoms. The van der Waals surface area contributed by atoms with Gasteiger partial charge in [0.2, 0.25) is 5.82 Å². The van der Waals surface area contributed by atoms with Crippen molar-refractivity contribution in [2.24, 2.45) is 17.6 Å². The molecule has 0 aliphatic heterocycles. The van der Waals surface area contributed by atoms with Gasteiger partial charge < -0.3 is 10.5 Å². The predicted octanol–water partition coefficient (Wildman–Crippen LogP) is 4.10. The fourth-order valence-corrected chi connectivity index (χ4v) is 2.71. The summed E-state index contributed by atoms with van der Waals surface area (Å²) in [5.74, 6) is -0.932. The maximum Gasteiger partial charge on any atom is 0.201 e. The second kappa shape index (κ2) is 6.25. The van der Waals surface area contributed by atoms with E-state index < -0.39 is 11.6 Å². The van der Waals surface area contributed by atoms with Gasteiger partial charge in [-0.3, -0.25) is 0 Å². The van der Waals surface area contributed by atoms with E-state index in [0.29, 0.717) is 11.6 Å². The van der Waals surface area contributed by atoms with Gasteiger partial charge in [-0.1, -0.05) is 25.8 Å². The van der Waals surface area contributed by atoms with Crippen LogP contribution in [-0.4, -0.2) is 7.11 Å². The van der Waals surface area contributed by atoms with Gasteiger partial charge in [0, 0.05) is 11.3 Å². The molecule has 1 aromatic rings. The van der Waals surface area contributed by atoms with Crippen LogP contribution in [0.4, 0.5) is 8.78 Å². The molecular weight excluding hydrogens is 260 g/mol. The number of hydrogen-bond acceptors (Lipinski definition) is 2. The van der Waals surface area contributed by atoms with Crippen molar-refractivity contribution < 1.29 is 13.5 Å². The van der Waals surface area contributed by atoms with Crippen molar-refractivity contribution in [3.8, 4) is 5.75 Å². The Morgan fingerprint density at radius 2 is 1.85 bits per heavy atom. The normalized spacial score (nSPS) is 23.7. The number of ether oxygens (including phenoxy) is 1. The molecule has 2 N–H and O–H groups in total. The molecule has 0 aromatic heterocycles. The molecule has 0 radical (unpaired) electrons. The molecule has 1 aliphatic rings. The molecule has 4 heteroatoms. The molecule has 0 amide bonds. The Kier molecular flexibility index (Phi) is 4.63. The summed E-state index contributed by atoms with van der Waals surface area (Å²) >= 11 is 0. The molecule has 0 atom stereocenters. The Balaban J connectivity index is 2.20. The highest BCUT2D eigenvalue weighted by Gasteiger charge is 2.19. The van der Waals surface area contributed by atoms with Crippen molar-refractivity contribution in [2.75, 3.05) is 7.11 Å².